The van der Waals surface area contributed by atoms with Crippen LogP contribution in [0.3, 0.4) is 0 Å². The standard InChI is InChI=1S/C11H16N2S/c1-2-7-13(9-6-12)8-5-11-4-3-10-14-11/h3-4,10H,2,5,7-9H2,1H3. The van der Waals surface area contributed by atoms with E-state index in [4.69, 9.17) is 5.26 Å². The van der Waals surface area contributed by atoms with Crippen LogP contribution in [0.5, 0.6) is 0 Å². The molecule has 0 spiro atoms. The van der Waals surface area contributed by atoms with Crippen molar-refractivity contribution in [3.63, 3.8) is 0 Å². The van der Waals surface area contributed by atoms with Gasteiger partial charge >= 0.3 is 0 Å². The Balaban J connectivity index is 2.30. The second-order valence-electron chi connectivity index (χ2n) is 3.26. The van der Waals surface area contributed by atoms with E-state index in [-0.39, 0.29) is 0 Å². The van der Waals surface area contributed by atoms with Crippen molar-refractivity contribution in [1.82, 2.24) is 4.90 Å². The molecule has 1 aromatic rings. The normalized spacial score (nSPS) is 10.4. The Kier molecular flexibility index (Phi) is 5.28. The van der Waals surface area contributed by atoms with Crippen LogP contribution in [0.25, 0.3) is 0 Å². The fourth-order valence-electron chi connectivity index (χ4n) is 1.41. The lowest BCUT2D eigenvalue weighted by Gasteiger charge is -2.17. The maximum atomic E-state index is 8.63. The molecule has 2 nitrogen and oxygen atoms in total. The van der Waals surface area contributed by atoms with Gasteiger partial charge in [0.15, 0.2) is 0 Å². The highest BCUT2D eigenvalue weighted by Crippen LogP contribution is 2.09. The van der Waals surface area contributed by atoms with Gasteiger partial charge in [-0.2, -0.15) is 5.26 Å². The van der Waals surface area contributed by atoms with Crippen LogP contribution in [0.15, 0.2) is 17.5 Å². The Labute approximate surface area is 89.8 Å². The average molecular weight is 208 g/mol. The molecule has 0 N–H and O–H groups in total. The Hall–Kier alpha value is -0.850. The molecule has 1 aromatic heterocycles. The third-order valence-corrected chi connectivity index (χ3v) is 3.02. The second-order valence-corrected chi connectivity index (χ2v) is 4.30. The first kappa shape index (κ1) is 11.2. The molecule has 1 heterocycles. The van der Waals surface area contributed by atoms with Crippen molar-refractivity contribution in [3.8, 4) is 6.07 Å². The van der Waals surface area contributed by atoms with Crippen molar-refractivity contribution < 1.29 is 0 Å². The zero-order valence-corrected chi connectivity index (χ0v) is 9.39. The van der Waals surface area contributed by atoms with Crippen molar-refractivity contribution >= 4 is 11.3 Å². The van der Waals surface area contributed by atoms with Crippen molar-refractivity contribution in [2.75, 3.05) is 19.6 Å². The molecule has 3 heteroatoms. The van der Waals surface area contributed by atoms with E-state index in [9.17, 15) is 0 Å². The predicted octanol–water partition coefficient (Wildman–Crippen LogP) is 2.53. The number of hydrogen-bond acceptors (Lipinski definition) is 3. The summed E-state index contributed by atoms with van der Waals surface area (Å²) in [7, 11) is 0. The van der Waals surface area contributed by atoms with E-state index in [1.54, 1.807) is 11.3 Å². The molecule has 0 bridgehead atoms. The van der Waals surface area contributed by atoms with Gasteiger partial charge in [-0.25, -0.2) is 0 Å². The number of thiophene rings is 1. The van der Waals surface area contributed by atoms with Gasteiger partial charge in [0.1, 0.15) is 0 Å². The van der Waals surface area contributed by atoms with Crippen LogP contribution >= 0.6 is 11.3 Å². The van der Waals surface area contributed by atoms with E-state index in [2.05, 4.69) is 35.4 Å². The van der Waals surface area contributed by atoms with Crippen LogP contribution in [0.4, 0.5) is 0 Å². The summed E-state index contributed by atoms with van der Waals surface area (Å²) in [6, 6.07) is 6.44. The fourth-order valence-corrected chi connectivity index (χ4v) is 2.11. The SMILES string of the molecule is CCCN(CC#N)CCc1cccs1. The average Bonchev–Trinajstić information content (AvgIpc) is 2.67. The van der Waals surface area contributed by atoms with Gasteiger partial charge in [0.05, 0.1) is 12.6 Å². The van der Waals surface area contributed by atoms with Gasteiger partial charge in [0, 0.05) is 11.4 Å². The summed E-state index contributed by atoms with van der Waals surface area (Å²) in [6.07, 6.45) is 2.19. The van der Waals surface area contributed by atoms with Gasteiger partial charge in [-0.3, -0.25) is 4.90 Å². The number of nitriles is 1. The van der Waals surface area contributed by atoms with E-state index in [1.165, 1.54) is 4.88 Å². The van der Waals surface area contributed by atoms with Gasteiger partial charge < -0.3 is 0 Å². The first-order valence-corrected chi connectivity index (χ1v) is 5.86. The summed E-state index contributed by atoms with van der Waals surface area (Å²) in [5, 5.41) is 10.7. The Morgan fingerprint density at radius 3 is 2.93 bits per heavy atom. The topological polar surface area (TPSA) is 27.0 Å². The lowest BCUT2D eigenvalue weighted by molar-refractivity contribution is 0.311. The maximum absolute atomic E-state index is 8.63. The molecule has 0 aromatic carbocycles. The lowest BCUT2D eigenvalue weighted by atomic mass is 10.3. The molecule has 0 unspecified atom stereocenters. The Bertz CT molecular complexity index is 274. The highest BCUT2D eigenvalue weighted by molar-refractivity contribution is 7.09. The molecule has 14 heavy (non-hydrogen) atoms. The van der Waals surface area contributed by atoms with Crippen LogP contribution in [0.1, 0.15) is 18.2 Å². The first-order chi connectivity index (χ1) is 6.86. The van der Waals surface area contributed by atoms with Gasteiger partial charge in [0.2, 0.25) is 0 Å². The van der Waals surface area contributed by atoms with Crippen LogP contribution < -0.4 is 0 Å². The molecule has 0 amide bonds. The minimum atomic E-state index is 0.555. The minimum Gasteiger partial charge on any atom is -0.290 e. The molecule has 0 aliphatic rings. The van der Waals surface area contributed by atoms with Gasteiger partial charge in [-0.1, -0.05) is 13.0 Å². The Morgan fingerprint density at radius 2 is 2.36 bits per heavy atom. The molecule has 0 radical (unpaired) electrons. The third kappa shape index (κ3) is 3.91. The summed E-state index contributed by atoms with van der Waals surface area (Å²) in [5.74, 6) is 0. The lowest BCUT2D eigenvalue weighted by Crippen LogP contribution is -2.27. The third-order valence-electron chi connectivity index (χ3n) is 2.09. The molecule has 0 aliphatic carbocycles. The molecule has 1 rings (SSSR count). The monoisotopic (exact) mass is 208 g/mol. The second kappa shape index (κ2) is 6.58. The zero-order valence-electron chi connectivity index (χ0n) is 8.57. The van der Waals surface area contributed by atoms with Crippen LogP contribution in [0.2, 0.25) is 0 Å². The van der Waals surface area contributed by atoms with Crippen molar-refractivity contribution in [3.05, 3.63) is 22.4 Å². The summed E-state index contributed by atoms with van der Waals surface area (Å²) < 4.78 is 0. The fraction of sp³-hybridized carbons (Fsp3) is 0.545. The zero-order chi connectivity index (χ0) is 10.2. The number of hydrogen-bond donors (Lipinski definition) is 0. The summed E-state index contributed by atoms with van der Waals surface area (Å²) >= 11 is 1.79. The predicted molar refractivity (Wildman–Crippen MR) is 60.4 cm³/mol. The van der Waals surface area contributed by atoms with Crippen molar-refractivity contribution in [2.45, 2.75) is 19.8 Å². The number of rotatable bonds is 6. The molecule has 0 fully saturated rings. The van der Waals surface area contributed by atoms with Crippen molar-refractivity contribution in [1.29, 1.82) is 5.26 Å². The van der Waals surface area contributed by atoms with Crippen LogP contribution in [-0.2, 0) is 6.42 Å². The molecule has 76 valence electrons. The van der Waals surface area contributed by atoms with Gasteiger partial charge in [0.25, 0.3) is 0 Å². The van der Waals surface area contributed by atoms with E-state index >= 15 is 0 Å². The van der Waals surface area contributed by atoms with Crippen LogP contribution in [0, 0.1) is 11.3 Å². The summed E-state index contributed by atoms with van der Waals surface area (Å²) in [6.45, 7) is 4.73. The molecule has 0 saturated heterocycles. The highest BCUT2D eigenvalue weighted by atomic mass is 32.1. The molecule has 0 atom stereocenters. The van der Waals surface area contributed by atoms with E-state index in [0.29, 0.717) is 6.54 Å². The molecule has 0 aliphatic heterocycles. The van der Waals surface area contributed by atoms with E-state index in [0.717, 1.165) is 25.9 Å². The van der Waals surface area contributed by atoms with E-state index in [1.807, 2.05) is 0 Å². The quantitative estimate of drug-likeness (QED) is 0.672. The first-order valence-electron chi connectivity index (χ1n) is 4.98. The highest BCUT2D eigenvalue weighted by Gasteiger charge is 2.03. The van der Waals surface area contributed by atoms with Crippen molar-refractivity contribution in [2.24, 2.45) is 0 Å². The summed E-state index contributed by atoms with van der Waals surface area (Å²) in [5.41, 5.74) is 0. The molecular formula is C11H16N2S. The van der Waals surface area contributed by atoms with Gasteiger partial charge in [-0.05, 0) is 30.8 Å². The molecule has 0 saturated carbocycles. The van der Waals surface area contributed by atoms with Crippen LogP contribution in [-0.4, -0.2) is 24.5 Å². The summed E-state index contributed by atoms with van der Waals surface area (Å²) in [4.78, 5) is 3.61. The number of nitrogens with zero attached hydrogens (tertiary/aromatic N) is 2. The maximum Gasteiger partial charge on any atom is 0.0866 e. The largest absolute Gasteiger partial charge is 0.290 e. The van der Waals surface area contributed by atoms with Gasteiger partial charge in [-0.15, -0.1) is 11.3 Å². The smallest absolute Gasteiger partial charge is 0.0866 e. The Morgan fingerprint density at radius 1 is 1.50 bits per heavy atom. The van der Waals surface area contributed by atoms with E-state index < -0.39 is 0 Å². The molecular weight excluding hydrogens is 192 g/mol. The minimum absolute atomic E-state index is 0.555.